The zero-order valence-electron chi connectivity index (χ0n) is 23.6. The van der Waals surface area contributed by atoms with Crippen LogP contribution in [0.15, 0.2) is 36.4 Å². The number of carbonyl (C=O) groups is 2. The number of halogens is 3. The number of nitrogens with zero attached hydrogens (tertiary/aromatic N) is 3. The Kier molecular flexibility index (Phi) is 9.98. The minimum atomic E-state index is -0.883. The van der Waals surface area contributed by atoms with Gasteiger partial charge in [-0.2, -0.15) is 0 Å². The fourth-order valence-electron chi connectivity index (χ4n) is 6.02. The molecule has 2 unspecified atom stereocenters. The fourth-order valence-corrected chi connectivity index (χ4v) is 6.51. The summed E-state index contributed by atoms with van der Waals surface area (Å²) in [6.45, 7) is 9.09. The van der Waals surface area contributed by atoms with Crippen molar-refractivity contribution < 1.29 is 14.0 Å². The summed E-state index contributed by atoms with van der Waals surface area (Å²) in [6, 6.07) is 9.61. The molecule has 2 amide bonds. The number of amides is 2. The van der Waals surface area contributed by atoms with E-state index in [4.69, 9.17) is 28.9 Å². The Morgan fingerprint density at radius 3 is 2.45 bits per heavy atom. The minimum absolute atomic E-state index is 0.0223. The molecule has 2 saturated heterocycles. The van der Waals surface area contributed by atoms with Crippen molar-refractivity contribution in [1.82, 2.24) is 15.1 Å². The Hall–Kier alpha value is -2.39. The summed E-state index contributed by atoms with van der Waals surface area (Å²) in [5.41, 5.74) is 7.97. The summed E-state index contributed by atoms with van der Waals surface area (Å²) in [5.74, 6) is -0.165. The molecule has 0 aromatic heterocycles. The van der Waals surface area contributed by atoms with E-state index >= 15 is 4.39 Å². The van der Waals surface area contributed by atoms with E-state index in [1.807, 2.05) is 24.0 Å². The average molecular weight is 593 g/mol. The van der Waals surface area contributed by atoms with Gasteiger partial charge >= 0.3 is 0 Å². The average Bonchev–Trinajstić information content (AvgIpc) is 3.33. The molecular formula is C30H40Cl2FN5O2. The van der Waals surface area contributed by atoms with Crippen molar-refractivity contribution in [3.8, 4) is 0 Å². The van der Waals surface area contributed by atoms with Crippen LogP contribution in [-0.4, -0.2) is 66.9 Å². The van der Waals surface area contributed by atoms with Crippen LogP contribution in [0.1, 0.15) is 51.2 Å². The molecule has 2 aliphatic heterocycles. The van der Waals surface area contributed by atoms with Crippen LogP contribution in [0.5, 0.6) is 0 Å². The van der Waals surface area contributed by atoms with Gasteiger partial charge in [0.25, 0.3) is 0 Å². The van der Waals surface area contributed by atoms with E-state index in [-0.39, 0.29) is 17.6 Å². The first-order chi connectivity index (χ1) is 19.0. The predicted molar refractivity (Wildman–Crippen MR) is 159 cm³/mol. The van der Waals surface area contributed by atoms with Gasteiger partial charge in [0.1, 0.15) is 11.9 Å². The number of nitrogens with one attached hydrogen (secondary N) is 1. The van der Waals surface area contributed by atoms with E-state index in [1.54, 1.807) is 28.0 Å². The summed E-state index contributed by atoms with van der Waals surface area (Å²) in [4.78, 5) is 32.0. The van der Waals surface area contributed by atoms with Gasteiger partial charge in [-0.3, -0.25) is 14.9 Å². The van der Waals surface area contributed by atoms with E-state index in [1.165, 1.54) is 6.07 Å². The normalized spacial score (nSPS) is 18.4. The Bertz CT molecular complexity index is 1220. The molecule has 10 heteroatoms. The molecule has 2 aromatic carbocycles. The second-order valence-electron chi connectivity index (χ2n) is 11.2. The molecule has 7 nitrogen and oxygen atoms in total. The van der Waals surface area contributed by atoms with Gasteiger partial charge in [0.05, 0.1) is 11.4 Å². The zero-order chi connectivity index (χ0) is 29.0. The number of para-hydroxylation sites is 1. The lowest BCUT2D eigenvalue weighted by molar-refractivity contribution is -0.143. The highest BCUT2D eigenvalue weighted by molar-refractivity contribution is 6.35. The van der Waals surface area contributed by atoms with E-state index in [0.29, 0.717) is 80.2 Å². The number of carbonyl (C=O) groups excluding carboxylic acids is 2. The summed E-state index contributed by atoms with van der Waals surface area (Å²) in [7, 11) is 0. The molecule has 218 valence electrons. The van der Waals surface area contributed by atoms with Crippen molar-refractivity contribution >= 4 is 40.7 Å². The van der Waals surface area contributed by atoms with Crippen LogP contribution in [-0.2, 0) is 21.7 Å². The number of hydrogen-bond acceptors (Lipinski definition) is 5. The van der Waals surface area contributed by atoms with Gasteiger partial charge < -0.3 is 20.4 Å². The highest BCUT2D eigenvalue weighted by Crippen LogP contribution is 2.35. The molecule has 2 heterocycles. The van der Waals surface area contributed by atoms with E-state index in [0.717, 1.165) is 17.5 Å². The number of likely N-dealkylation sites (tertiary alicyclic amines) is 1. The first-order valence-corrected chi connectivity index (χ1v) is 14.9. The molecule has 0 aliphatic carbocycles. The lowest BCUT2D eigenvalue weighted by Gasteiger charge is -2.42. The maximum Gasteiger partial charge on any atom is 0.245 e. The van der Waals surface area contributed by atoms with Gasteiger partial charge in [-0.05, 0) is 49.1 Å². The molecule has 40 heavy (non-hydrogen) atoms. The number of piperazine rings is 1. The zero-order valence-corrected chi connectivity index (χ0v) is 25.1. The highest BCUT2D eigenvalue weighted by atomic mass is 35.5. The third-order valence-electron chi connectivity index (χ3n) is 7.80. The molecule has 4 rings (SSSR count). The summed E-state index contributed by atoms with van der Waals surface area (Å²) < 4.78 is 15.4. The number of benzene rings is 2. The van der Waals surface area contributed by atoms with Gasteiger partial charge in [-0.15, -0.1) is 0 Å². The van der Waals surface area contributed by atoms with E-state index in [9.17, 15) is 9.59 Å². The second kappa shape index (κ2) is 13.1. The number of nitrogens with two attached hydrogens (primary N) is 1. The fraction of sp³-hybridized carbons (Fsp3) is 0.533. The molecule has 2 fully saturated rings. The van der Waals surface area contributed by atoms with Gasteiger partial charge in [0.2, 0.25) is 11.8 Å². The van der Waals surface area contributed by atoms with Crippen molar-refractivity contribution in [2.45, 2.75) is 58.2 Å². The molecule has 0 spiro atoms. The van der Waals surface area contributed by atoms with Crippen LogP contribution >= 0.6 is 23.2 Å². The monoisotopic (exact) mass is 591 g/mol. The summed E-state index contributed by atoms with van der Waals surface area (Å²) in [6.07, 6.45) is 2.12. The SMILES string of the molecule is CCNC(N)(CC(C)C)c1cccc(F)c1N1CCN(C(=O)C(Cc2ccc(Cl)cc2Cl)N2CCCC2=O)CC1. The van der Waals surface area contributed by atoms with Crippen LogP contribution < -0.4 is 16.0 Å². The number of rotatable bonds is 10. The lowest BCUT2D eigenvalue weighted by Crippen LogP contribution is -2.57. The van der Waals surface area contributed by atoms with E-state index < -0.39 is 11.7 Å². The molecular weight excluding hydrogens is 552 g/mol. The quantitative estimate of drug-likeness (QED) is 0.388. The molecule has 2 aliphatic rings. The lowest BCUT2D eigenvalue weighted by atomic mass is 9.88. The molecule has 2 aromatic rings. The Morgan fingerprint density at radius 2 is 1.85 bits per heavy atom. The smallest absolute Gasteiger partial charge is 0.245 e. The third kappa shape index (κ3) is 6.73. The minimum Gasteiger partial charge on any atom is -0.365 e. The third-order valence-corrected chi connectivity index (χ3v) is 8.38. The van der Waals surface area contributed by atoms with E-state index in [2.05, 4.69) is 19.2 Å². The molecule has 0 radical (unpaired) electrons. The highest BCUT2D eigenvalue weighted by Gasteiger charge is 2.38. The molecule has 0 saturated carbocycles. The maximum atomic E-state index is 15.4. The summed E-state index contributed by atoms with van der Waals surface area (Å²) in [5, 5.41) is 4.37. The number of anilines is 1. The standard InChI is InChI=1S/C30H40Cl2FN5O2/c1-4-35-30(34,19-20(2)3)23-7-5-8-25(33)28(23)36-13-15-37(16-14-36)29(40)26(38-12-6-9-27(38)39)17-21-10-11-22(31)18-24(21)32/h5,7-8,10-11,18,20,26,35H,4,6,9,12-17,19,34H2,1-3H3. The topological polar surface area (TPSA) is 81.9 Å². The van der Waals surface area contributed by atoms with Crippen molar-refractivity contribution in [2.24, 2.45) is 11.7 Å². The largest absolute Gasteiger partial charge is 0.365 e. The second-order valence-corrected chi connectivity index (χ2v) is 12.0. The first-order valence-electron chi connectivity index (χ1n) is 14.1. The van der Waals surface area contributed by atoms with Crippen molar-refractivity contribution in [3.05, 3.63) is 63.4 Å². The summed E-state index contributed by atoms with van der Waals surface area (Å²) >= 11 is 12.5. The first kappa shape index (κ1) is 30.6. The van der Waals surface area contributed by atoms with Crippen LogP contribution in [0.2, 0.25) is 10.0 Å². The Balaban J connectivity index is 1.55. The Labute approximate surface area is 246 Å². The molecule has 2 atom stereocenters. The van der Waals surface area contributed by atoms with Gasteiger partial charge in [-0.25, -0.2) is 4.39 Å². The van der Waals surface area contributed by atoms with Crippen molar-refractivity contribution in [1.29, 1.82) is 0 Å². The van der Waals surface area contributed by atoms with Gasteiger partial charge in [-0.1, -0.05) is 62.2 Å². The van der Waals surface area contributed by atoms with Gasteiger partial charge in [0.15, 0.2) is 0 Å². The van der Waals surface area contributed by atoms with Crippen molar-refractivity contribution in [3.63, 3.8) is 0 Å². The van der Waals surface area contributed by atoms with Crippen LogP contribution in [0, 0.1) is 11.7 Å². The van der Waals surface area contributed by atoms with Gasteiger partial charge in [0, 0.05) is 61.2 Å². The Morgan fingerprint density at radius 1 is 1.12 bits per heavy atom. The van der Waals surface area contributed by atoms with Crippen molar-refractivity contribution in [2.75, 3.05) is 44.2 Å². The molecule has 3 N–H and O–H groups in total. The van der Waals surface area contributed by atoms with Crippen LogP contribution in [0.3, 0.4) is 0 Å². The predicted octanol–water partition coefficient (Wildman–Crippen LogP) is 4.78. The maximum absolute atomic E-state index is 15.4. The number of hydrogen-bond donors (Lipinski definition) is 2. The molecule has 0 bridgehead atoms. The van der Waals surface area contributed by atoms with Crippen LogP contribution in [0.4, 0.5) is 10.1 Å². The van der Waals surface area contributed by atoms with Crippen LogP contribution in [0.25, 0.3) is 0 Å².